The van der Waals surface area contributed by atoms with Crippen LogP contribution >= 0.6 is 0 Å². The first-order valence-corrected chi connectivity index (χ1v) is 4.93. The van der Waals surface area contributed by atoms with Crippen molar-refractivity contribution < 1.29 is 4.79 Å². The molecule has 76 valence electrons. The van der Waals surface area contributed by atoms with Crippen molar-refractivity contribution in [2.75, 3.05) is 0 Å². The van der Waals surface area contributed by atoms with Crippen molar-refractivity contribution in [2.24, 2.45) is 17.1 Å². The molecule has 0 aromatic rings. The summed E-state index contributed by atoms with van der Waals surface area (Å²) in [4.78, 5) is 10.5. The van der Waals surface area contributed by atoms with Crippen LogP contribution in [0.5, 0.6) is 0 Å². The quantitative estimate of drug-likeness (QED) is 0.676. The van der Waals surface area contributed by atoms with Crippen LogP contribution in [0.25, 0.3) is 0 Å². The third-order valence-corrected chi connectivity index (χ3v) is 2.48. The molecule has 3 nitrogen and oxygen atoms in total. The molecule has 13 heavy (non-hydrogen) atoms. The molecule has 0 aromatic carbocycles. The molecule has 0 saturated heterocycles. The number of carbonyl (C=O) groups is 1. The Balaban J connectivity index is 2.15. The Bertz CT molecular complexity index is 190. The predicted octanol–water partition coefficient (Wildman–Crippen LogP) is 1.87. The van der Waals surface area contributed by atoms with E-state index in [2.05, 4.69) is 26.1 Å². The summed E-state index contributed by atoms with van der Waals surface area (Å²) in [6.07, 6.45) is 3.43. The molecule has 1 rings (SSSR count). The van der Waals surface area contributed by atoms with E-state index in [1.54, 1.807) is 0 Å². The van der Waals surface area contributed by atoms with Crippen LogP contribution in [0.4, 0.5) is 4.79 Å². The standard InChI is InChI=1S/C10H20N2O/c1-10(2,3)6-7-4-8(5-7)12-9(11)13/h7-8H,4-6H2,1-3H3,(H3,11,12,13)/t7-,8-. The van der Waals surface area contributed by atoms with Crippen LogP contribution in [-0.4, -0.2) is 12.1 Å². The summed E-state index contributed by atoms with van der Waals surface area (Å²) in [5.41, 5.74) is 5.43. The second-order valence-electron chi connectivity index (χ2n) is 5.31. The van der Waals surface area contributed by atoms with Gasteiger partial charge in [0.2, 0.25) is 0 Å². The highest BCUT2D eigenvalue weighted by Crippen LogP contribution is 2.37. The van der Waals surface area contributed by atoms with Crippen LogP contribution in [0.1, 0.15) is 40.0 Å². The SMILES string of the molecule is CC(C)(C)C[C@H]1C[C@H](NC(N)=O)C1. The maximum atomic E-state index is 10.5. The van der Waals surface area contributed by atoms with E-state index in [0.717, 1.165) is 18.8 Å². The summed E-state index contributed by atoms with van der Waals surface area (Å²) in [6, 6.07) is -0.0518. The molecule has 3 heteroatoms. The minimum atomic E-state index is -0.390. The van der Waals surface area contributed by atoms with Crippen molar-refractivity contribution in [1.29, 1.82) is 0 Å². The smallest absolute Gasteiger partial charge is 0.312 e. The van der Waals surface area contributed by atoms with Gasteiger partial charge in [0.25, 0.3) is 0 Å². The molecule has 0 aromatic heterocycles. The fourth-order valence-electron chi connectivity index (χ4n) is 2.09. The van der Waals surface area contributed by atoms with E-state index in [9.17, 15) is 4.79 Å². The molecular formula is C10H20N2O. The Morgan fingerprint density at radius 1 is 1.46 bits per heavy atom. The van der Waals surface area contributed by atoms with Gasteiger partial charge in [-0.3, -0.25) is 0 Å². The van der Waals surface area contributed by atoms with Crippen molar-refractivity contribution in [1.82, 2.24) is 5.32 Å². The molecule has 0 heterocycles. The zero-order valence-electron chi connectivity index (χ0n) is 8.76. The Morgan fingerprint density at radius 3 is 2.38 bits per heavy atom. The first-order chi connectivity index (χ1) is 5.87. The average molecular weight is 184 g/mol. The van der Waals surface area contributed by atoms with Crippen LogP contribution in [0.15, 0.2) is 0 Å². The lowest BCUT2D eigenvalue weighted by Gasteiger charge is -2.38. The van der Waals surface area contributed by atoms with E-state index in [4.69, 9.17) is 5.73 Å². The van der Waals surface area contributed by atoms with E-state index in [1.807, 2.05) is 0 Å². The second kappa shape index (κ2) is 3.56. The largest absolute Gasteiger partial charge is 0.352 e. The molecule has 1 saturated carbocycles. The number of rotatable bonds is 2. The molecule has 2 amide bonds. The zero-order chi connectivity index (χ0) is 10.1. The molecule has 0 atom stereocenters. The van der Waals surface area contributed by atoms with Crippen LogP contribution in [0, 0.1) is 11.3 Å². The third-order valence-electron chi connectivity index (χ3n) is 2.48. The molecule has 1 aliphatic carbocycles. The summed E-state index contributed by atoms with van der Waals surface area (Å²) < 4.78 is 0. The number of urea groups is 1. The van der Waals surface area contributed by atoms with Gasteiger partial charge in [0.15, 0.2) is 0 Å². The number of nitrogens with two attached hydrogens (primary N) is 1. The van der Waals surface area contributed by atoms with Gasteiger partial charge in [-0.05, 0) is 30.6 Å². The lowest BCUT2D eigenvalue weighted by atomic mass is 9.71. The summed E-state index contributed by atoms with van der Waals surface area (Å²) in [6.45, 7) is 6.76. The highest BCUT2D eigenvalue weighted by molar-refractivity contribution is 5.72. The first-order valence-electron chi connectivity index (χ1n) is 4.93. The van der Waals surface area contributed by atoms with E-state index >= 15 is 0 Å². The molecule has 1 fully saturated rings. The fraction of sp³-hybridized carbons (Fsp3) is 0.900. The van der Waals surface area contributed by atoms with Crippen LogP contribution in [-0.2, 0) is 0 Å². The number of hydrogen-bond acceptors (Lipinski definition) is 1. The topological polar surface area (TPSA) is 55.1 Å². The van der Waals surface area contributed by atoms with Gasteiger partial charge in [-0.1, -0.05) is 20.8 Å². The molecule has 0 radical (unpaired) electrons. The maximum absolute atomic E-state index is 10.5. The van der Waals surface area contributed by atoms with Crippen molar-refractivity contribution in [3.8, 4) is 0 Å². The fourth-order valence-corrected chi connectivity index (χ4v) is 2.09. The number of amides is 2. The summed E-state index contributed by atoms with van der Waals surface area (Å²) in [5.74, 6) is 0.775. The van der Waals surface area contributed by atoms with E-state index in [-0.39, 0.29) is 6.03 Å². The minimum Gasteiger partial charge on any atom is -0.352 e. The molecule has 1 aliphatic rings. The normalized spacial score (nSPS) is 27.9. The lowest BCUT2D eigenvalue weighted by molar-refractivity contribution is 0.160. The highest BCUT2D eigenvalue weighted by atomic mass is 16.2. The molecule has 0 aliphatic heterocycles. The summed E-state index contributed by atoms with van der Waals surface area (Å²) in [7, 11) is 0. The highest BCUT2D eigenvalue weighted by Gasteiger charge is 2.32. The van der Waals surface area contributed by atoms with Crippen LogP contribution in [0.3, 0.4) is 0 Å². The van der Waals surface area contributed by atoms with E-state index in [0.29, 0.717) is 11.5 Å². The van der Waals surface area contributed by atoms with E-state index in [1.165, 1.54) is 6.42 Å². The van der Waals surface area contributed by atoms with Crippen molar-refractivity contribution in [3.05, 3.63) is 0 Å². The monoisotopic (exact) mass is 184 g/mol. The Morgan fingerprint density at radius 2 is 2.00 bits per heavy atom. The minimum absolute atomic E-state index is 0.338. The van der Waals surface area contributed by atoms with E-state index < -0.39 is 0 Å². The van der Waals surface area contributed by atoms with Crippen molar-refractivity contribution >= 4 is 6.03 Å². The maximum Gasteiger partial charge on any atom is 0.312 e. The second-order valence-corrected chi connectivity index (χ2v) is 5.31. The number of hydrogen-bond donors (Lipinski definition) is 2. The van der Waals surface area contributed by atoms with Crippen LogP contribution in [0.2, 0.25) is 0 Å². The predicted molar refractivity (Wildman–Crippen MR) is 53.3 cm³/mol. The van der Waals surface area contributed by atoms with Gasteiger partial charge in [0.05, 0.1) is 0 Å². The number of primary amides is 1. The summed E-state index contributed by atoms with van der Waals surface area (Å²) in [5, 5.41) is 2.73. The van der Waals surface area contributed by atoms with Gasteiger partial charge in [-0.25, -0.2) is 4.79 Å². The Kier molecular flexibility index (Phi) is 2.84. The average Bonchev–Trinajstić information content (AvgIpc) is 1.78. The Labute approximate surface area is 80.1 Å². The first kappa shape index (κ1) is 10.4. The number of carbonyl (C=O) groups excluding carboxylic acids is 1. The van der Waals surface area contributed by atoms with Gasteiger partial charge < -0.3 is 11.1 Å². The third kappa shape index (κ3) is 3.66. The van der Waals surface area contributed by atoms with Crippen LogP contribution < -0.4 is 11.1 Å². The van der Waals surface area contributed by atoms with Gasteiger partial charge in [0, 0.05) is 6.04 Å². The lowest BCUT2D eigenvalue weighted by Crippen LogP contribution is -2.47. The molecule has 0 unspecified atom stereocenters. The molecule has 0 spiro atoms. The van der Waals surface area contributed by atoms with Gasteiger partial charge in [-0.2, -0.15) is 0 Å². The van der Waals surface area contributed by atoms with Gasteiger partial charge >= 0.3 is 6.03 Å². The number of nitrogens with one attached hydrogen (secondary N) is 1. The summed E-state index contributed by atoms with van der Waals surface area (Å²) >= 11 is 0. The van der Waals surface area contributed by atoms with Gasteiger partial charge in [0.1, 0.15) is 0 Å². The van der Waals surface area contributed by atoms with Crippen molar-refractivity contribution in [2.45, 2.75) is 46.1 Å². The van der Waals surface area contributed by atoms with Crippen molar-refractivity contribution in [3.63, 3.8) is 0 Å². The molecular weight excluding hydrogens is 164 g/mol. The van der Waals surface area contributed by atoms with Gasteiger partial charge in [-0.15, -0.1) is 0 Å². The Hall–Kier alpha value is -0.730. The zero-order valence-corrected chi connectivity index (χ0v) is 8.76. The molecule has 0 bridgehead atoms. The molecule has 3 N–H and O–H groups in total.